The average Bonchev–Trinajstić information content (AvgIpc) is 3.07. The Balaban J connectivity index is 1.39. The fourth-order valence-corrected chi connectivity index (χ4v) is 5.03. The molecule has 16 heteroatoms. The third-order valence-corrected chi connectivity index (χ3v) is 7.25. The summed E-state index contributed by atoms with van der Waals surface area (Å²) in [6.07, 6.45) is 0.205. The van der Waals surface area contributed by atoms with Crippen LogP contribution in [0, 0.1) is 10.1 Å². The van der Waals surface area contributed by atoms with Crippen molar-refractivity contribution in [3.05, 3.63) is 97.7 Å². The highest BCUT2D eigenvalue weighted by atomic mass is 35.5. The molecule has 0 aliphatic carbocycles. The molecule has 4 rings (SSSR count). The van der Waals surface area contributed by atoms with E-state index in [1.54, 1.807) is 63.2 Å². The summed E-state index contributed by atoms with van der Waals surface area (Å²) in [5.74, 6) is 0.713. The minimum absolute atomic E-state index is 0.0234. The van der Waals surface area contributed by atoms with Crippen LogP contribution < -0.4 is 35.0 Å². The smallest absolute Gasteiger partial charge is 0.337 e. The van der Waals surface area contributed by atoms with Gasteiger partial charge in [-0.15, -0.1) is 0 Å². The number of urea groups is 1. The van der Waals surface area contributed by atoms with Crippen LogP contribution in [-0.2, 0) is 16.1 Å². The van der Waals surface area contributed by atoms with Crippen molar-refractivity contribution in [2.45, 2.75) is 39.6 Å². The number of carbonyl (C=O) groups excluding carboxylic acids is 2. The van der Waals surface area contributed by atoms with Crippen molar-refractivity contribution in [3.8, 4) is 23.0 Å². The predicted molar refractivity (Wildman–Crippen MR) is 179 cm³/mol. The lowest BCUT2D eigenvalue weighted by atomic mass is 9.95. The molecule has 0 aromatic heterocycles. The molecule has 0 radical (unpaired) electrons. The Morgan fingerprint density at radius 3 is 2.45 bits per heavy atom. The van der Waals surface area contributed by atoms with E-state index in [-0.39, 0.29) is 29.5 Å². The van der Waals surface area contributed by atoms with Gasteiger partial charge in [0.15, 0.2) is 29.2 Å². The zero-order valence-electron chi connectivity index (χ0n) is 27.2. The number of benzene rings is 3. The highest BCUT2D eigenvalue weighted by molar-refractivity contribution is 6.32. The number of hydrogen-bond acceptors (Lipinski definition) is 12. The first kappa shape index (κ1) is 36.3. The quantitative estimate of drug-likeness (QED) is 0.0531. The minimum Gasteiger partial charge on any atom is -0.490 e. The summed E-state index contributed by atoms with van der Waals surface area (Å²) in [7, 11) is 1.26. The van der Waals surface area contributed by atoms with Crippen LogP contribution in [0.5, 0.6) is 23.0 Å². The summed E-state index contributed by atoms with van der Waals surface area (Å²) in [6, 6.07) is 12.9. The fraction of sp³-hybridized carbons (Fsp3) is 0.303. The lowest BCUT2D eigenvalue weighted by Crippen LogP contribution is -2.45. The van der Waals surface area contributed by atoms with Gasteiger partial charge >= 0.3 is 12.0 Å². The molecule has 3 aromatic carbocycles. The molecule has 2 atom stereocenters. The number of hydrazone groups is 1. The number of methoxy groups -OCH3 is 1. The van der Waals surface area contributed by atoms with Crippen LogP contribution in [0.25, 0.3) is 0 Å². The number of nitro benzene ring substituents is 1. The number of aliphatic hydroxyl groups is 1. The number of nitrogens with zero attached hydrogens (tertiary/aromatic N) is 2. The first-order chi connectivity index (χ1) is 23.5. The normalized spacial score (nSPS) is 14.8. The SMILES string of the molecule is CCOc1cc([C@H]2NC(=O)NC(C)=C2C(=O)OC)ccc1OC[C@@H](O)N/N=C\c1cc(Cl)c(OCc2ccc([N+](=O)[O-])cc2)c(OCC)c1. The molecule has 0 saturated heterocycles. The molecule has 0 saturated carbocycles. The number of hydrogen-bond donors (Lipinski definition) is 4. The average molecular weight is 698 g/mol. The molecule has 0 unspecified atom stereocenters. The highest BCUT2D eigenvalue weighted by Gasteiger charge is 2.32. The number of ether oxygens (including phenoxy) is 5. The van der Waals surface area contributed by atoms with Crippen molar-refractivity contribution in [1.29, 1.82) is 0 Å². The van der Waals surface area contributed by atoms with Crippen LogP contribution in [0.2, 0.25) is 5.02 Å². The second-order valence-electron chi connectivity index (χ2n) is 10.4. The van der Waals surface area contributed by atoms with Crippen LogP contribution in [0.3, 0.4) is 0 Å². The minimum atomic E-state index is -1.23. The molecule has 1 aliphatic rings. The van der Waals surface area contributed by atoms with Gasteiger partial charge in [-0.2, -0.15) is 5.10 Å². The molecule has 260 valence electrons. The number of allylic oxidation sites excluding steroid dienone is 1. The van der Waals surface area contributed by atoms with Crippen molar-refractivity contribution in [2.75, 3.05) is 26.9 Å². The van der Waals surface area contributed by atoms with E-state index < -0.39 is 29.2 Å². The summed E-state index contributed by atoms with van der Waals surface area (Å²) in [5.41, 5.74) is 4.98. The number of rotatable bonds is 16. The number of nitro groups is 1. The Morgan fingerprint density at radius 1 is 1.06 bits per heavy atom. The van der Waals surface area contributed by atoms with Gasteiger partial charge in [-0.3, -0.25) is 15.5 Å². The number of esters is 1. The maximum atomic E-state index is 12.5. The van der Waals surface area contributed by atoms with Crippen LogP contribution in [-0.4, -0.2) is 61.4 Å². The van der Waals surface area contributed by atoms with Crippen molar-refractivity contribution in [1.82, 2.24) is 16.1 Å². The molecule has 1 heterocycles. The monoisotopic (exact) mass is 697 g/mol. The van der Waals surface area contributed by atoms with Gasteiger partial charge in [-0.25, -0.2) is 9.59 Å². The topological polar surface area (TPSA) is 192 Å². The zero-order chi connectivity index (χ0) is 35.5. The van der Waals surface area contributed by atoms with E-state index in [0.717, 1.165) is 0 Å². The fourth-order valence-electron chi connectivity index (χ4n) is 4.75. The number of amides is 2. The van der Waals surface area contributed by atoms with Gasteiger partial charge in [-0.05, 0) is 73.9 Å². The van der Waals surface area contributed by atoms with Gasteiger partial charge in [0.1, 0.15) is 13.2 Å². The standard InChI is InChI=1S/C33H36ClN5O10/c1-5-46-26-15-22(30-29(32(41)45-4)19(3)36-33(42)37-30)9-12-25(26)48-18-28(40)38-35-16-21-13-24(34)31(27(14-21)47-6-2)49-17-20-7-10-23(11-8-20)39(43)44/h7-16,28,30,38,40H,5-6,17-18H2,1-4H3,(H2,36,37,42)/b35-16-/t28-,30-/m1/s1. The van der Waals surface area contributed by atoms with Gasteiger partial charge in [-0.1, -0.05) is 17.7 Å². The van der Waals surface area contributed by atoms with Crippen molar-refractivity contribution < 1.29 is 43.3 Å². The molecule has 49 heavy (non-hydrogen) atoms. The Labute approximate surface area is 286 Å². The predicted octanol–water partition coefficient (Wildman–Crippen LogP) is 4.75. The van der Waals surface area contributed by atoms with E-state index in [1.165, 1.54) is 25.5 Å². The number of carbonyl (C=O) groups is 2. The van der Waals surface area contributed by atoms with E-state index in [0.29, 0.717) is 58.6 Å². The number of non-ortho nitro benzene ring substituents is 1. The lowest BCUT2D eigenvalue weighted by molar-refractivity contribution is -0.384. The van der Waals surface area contributed by atoms with Gasteiger partial charge < -0.3 is 39.4 Å². The van der Waals surface area contributed by atoms with E-state index in [4.69, 9.17) is 35.3 Å². The molecule has 2 amide bonds. The largest absolute Gasteiger partial charge is 0.490 e. The third kappa shape index (κ3) is 9.52. The van der Waals surface area contributed by atoms with E-state index in [1.807, 2.05) is 0 Å². The van der Waals surface area contributed by atoms with Crippen LogP contribution in [0.15, 0.2) is 71.0 Å². The summed E-state index contributed by atoms with van der Waals surface area (Å²) < 4.78 is 28.0. The first-order valence-electron chi connectivity index (χ1n) is 15.1. The van der Waals surface area contributed by atoms with Gasteiger partial charge in [0.05, 0.1) is 48.1 Å². The number of aliphatic hydroxyl groups excluding tert-OH is 1. The summed E-state index contributed by atoms with van der Waals surface area (Å²) >= 11 is 6.50. The van der Waals surface area contributed by atoms with E-state index in [9.17, 15) is 24.8 Å². The zero-order valence-corrected chi connectivity index (χ0v) is 27.9. The molecule has 15 nitrogen and oxygen atoms in total. The first-order valence-corrected chi connectivity index (χ1v) is 15.5. The van der Waals surface area contributed by atoms with Gasteiger partial charge in [0, 0.05) is 17.8 Å². The van der Waals surface area contributed by atoms with Crippen molar-refractivity contribution in [3.63, 3.8) is 0 Å². The van der Waals surface area contributed by atoms with Gasteiger partial charge in [0.25, 0.3) is 5.69 Å². The Morgan fingerprint density at radius 2 is 1.78 bits per heavy atom. The molecule has 1 aliphatic heterocycles. The maximum absolute atomic E-state index is 12.5. The van der Waals surface area contributed by atoms with E-state index >= 15 is 0 Å². The molecular weight excluding hydrogens is 662 g/mol. The maximum Gasteiger partial charge on any atom is 0.337 e. The molecular formula is C33H36ClN5O10. The summed E-state index contributed by atoms with van der Waals surface area (Å²) in [5, 5.41) is 31.0. The summed E-state index contributed by atoms with van der Waals surface area (Å²) in [4.78, 5) is 35.1. The highest BCUT2D eigenvalue weighted by Crippen LogP contribution is 2.37. The third-order valence-electron chi connectivity index (χ3n) is 6.97. The summed E-state index contributed by atoms with van der Waals surface area (Å²) in [6.45, 7) is 5.73. The number of nitrogens with one attached hydrogen (secondary N) is 3. The van der Waals surface area contributed by atoms with Crippen molar-refractivity contribution in [2.24, 2.45) is 5.10 Å². The van der Waals surface area contributed by atoms with E-state index in [2.05, 4.69) is 21.2 Å². The molecule has 4 N–H and O–H groups in total. The molecule has 0 spiro atoms. The van der Waals surface area contributed by atoms with Gasteiger partial charge in [0.2, 0.25) is 0 Å². The van der Waals surface area contributed by atoms with Crippen LogP contribution >= 0.6 is 11.6 Å². The molecule has 0 bridgehead atoms. The second-order valence-corrected chi connectivity index (χ2v) is 10.8. The second kappa shape index (κ2) is 17.0. The lowest BCUT2D eigenvalue weighted by Gasteiger charge is -2.28. The Hall–Kier alpha value is -5.54. The van der Waals surface area contributed by atoms with Crippen LogP contribution in [0.4, 0.5) is 10.5 Å². The molecule has 3 aromatic rings. The Kier molecular flexibility index (Phi) is 12.6. The number of halogens is 1. The molecule has 0 fully saturated rings. The Bertz CT molecular complexity index is 1730. The van der Waals surface area contributed by atoms with Crippen molar-refractivity contribution >= 4 is 35.5 Å². The van der Waals surface area contributed by atoms with Crippen LogP contribution in [0.1, 0.15) is 43.5 Å².